The van der Waals surface area contributed by atoms with E-state index in [1.807, 2.05) is 30.3 Å². The van der Waals surface area contributed by atoms with Gasteiger partial charge in [0.2, 0.25) is 0 Å². The molecular weight excluding hydrogens is 296 g/mol. The molecule has 0 aliphatic carbocycles. The Balaban J connectivity index is 1.69. The molecule has 1 saturated heterocycles. The fourth-order valence-electron chi connectivity index (χ4n) is 2.98. The zero-order valence-electron chi connectivity index (χ0n) is 13.0. The third-order valence-electron chi connectivity index (χ3n) is 4.08. The maximum atomic E-state index is 12.7. The molecule has 1 aliphatic heterocycles. The zero-order valence-corrected chi connectivity index (χ0v) is 13.8. The molecule has 0 saturated carbocycles. The van der Waals surface area contributed by atoms with Crippen LogP contribution in [0.25, 0.3) is 0 Å². The van der Waals surface area contributed by atoms with Gasteiger partial charge in [-0.25, -0.2) is 15.0 Å². The van der Waals surface area contributed by atoms with Crippen LogP contribution in [0.4, 0.5) is 0 Å². The van der Waals surface area contributed by atoms with Crippen molar-refractivity contribution in [1.29, 1.82) is 0 Å². The van der Waals surface area contributed by atoms with Crippen LogP contribution in [0, 0.1) is 19.8 Å². The van der Waals surface area contributed by atoms with Crippen molar-refractivity contribution < 1.29 is 4.79 Å². The summed E-state index contributed by atoms with van der Waals surface area (Å²) in [6, 6.07) is 0. The number of hydrogen-bond acceptors (Lipinski definition) is 5. The number of aromatic nitrogens is 3. The molecule has 1 amide bonds. The number of carbonyl (C=O) groups is 1. The van der Waals surface area contributed by atoms with Gasteiger partial charge >= 0.3 is 0 Å². The first kappa shape index (κ1) is 15.1. The summed E-state index contributed by atoms with van der Waals surface area (Å²) in [4.78, 5) is 27.5. The van der Waals surface area contributed by atoms with Crippen LogP contribution in [0.5, 0.6) is 0 Å². The number of carbonyl (C=O) groups excluding carboxylic acids is 1. The van der Waals surface area contributed by atoms with Gasteiger partial charge < -0.3 is 4.90 Å². The number of aryl methyl sites for hydroxylation is 2. The molecule has 3 rings (SSSR count). The Labute approximate surface area is 134 Å². The average molecular weight is 316 g/mol. The van der Waals surface area contributed by atoms with Gasteiger partial charge in [-0.05, 0) is 32.6 Å². The lowest BCUT2D eigenvalue weighted by atomic mass is 9.94. The van der Waals surface area contributed by atoms with Crippen LogP contribution in [-0.2, 0) is 6.42 Å². The molecule has 116 valence electrons. The van der Waals surface area contributed by atoms with Gasteiger partial charge in [0.1, 0.15) is 5.82 Å². The van der Waals surface area contributed by atoms with Crippen LogP contribution < -0.4 is 0 Å². The van der Waals surface area contributed by atoms with Crippen LogP contribution >= 0.6 is 11.3 Å². The molecule has 0 spiro atoms. The molecule has 2 aromatic heterocycles. The summed E-state index contributed by atoms with van der Waals surface area (Å²) in [7, 11) is 0. The number of thiazole rings is 1. The Kier molecular flexibility index (Phi) is 4.47. The highest BCUT2D eigenvalue weighted by Crippen LogP contribution is 2.23. The number of hydrogen-bond donors (Lipinski definition) is 0. The predicted molar refractivity (Wildman–Crippen MR) is 86.0 cm³/mol. The number of amides is 1. The maximum Gasteiger partial charge on any atom is 0.257 e. The van der Waals surface area contributed by atoms with E-state index >= 15 is 0 Å². The monoisotopic (exact) mass is 316 g/mol. The lowest BCUT2D eigenvalue weighted by Gasteiger charge is -2.32. The highest BCUT2D eigenvalue weighted by molar-refractivity contribution is 7.09. The Morgan fingerprint density at radius 1 is 1.41 bits per heavy atom. The molecule has 0 radical (unpaired) electrons. The Bertz CT molecular complexity index is 656. The van der Waals surface area contributed by atoms with E-state index in [9.17, 15) is 4.79 Å². The molecule has 0 aromatic carbocycles. The highest BCUT2D eigenvalue weighted by Gasteiger charge is 2.26. The zero-order chi connectivity index (χ0) is 15.5. The summed E-state index contributed by atoms with van der Waals surface area (Å²) in [5, 5.41) is 3.17. The lowest BCUT2D eigenvalue weighted by molar-refractivity contribution is 0.0671. The summed E-state index contributed by atoms with van der Waals surface area (Å²) in [5.74, 6) is 1.26. The van der Waals surface area contributed by atoms with E-state index in [1.165, 1.54) is 0 Å². The Morgan fingerprint density at radius 3 is 3.00 bits per heavy atom. The number of piperidine rings is 1. The van der Waals surface area contributed by atoms with Crippen LogP contribution in [0.15, 0.2) is 17.8 Å². The first-order chi connectivity index (χ1) is 10.6. The van der Waals surface area contributed by atoms with E-state index < -0.39 is 0 Å². The molecule has 22 heavy (non-hydrogen) atoms. The molecular formula is C16H20N4OS. The SMILES string of the molecule is Cc1ncc(C(=O)N2CCCC(Cc3nccs3)C2)c(C)n1. The van der Waals surface area contributed by atoms with E-state index in [0.29, 0.717) is 17.3 Å². The molecule has 6 heteroatoms. The fraction of sp³-hybridized carbons (Fsp3) is 0.500. The van der Waals surface area contributed by atoms with E-state index in [4.69, 9.17) is 0 Å². The summed E-state index contributed by atoms with van der Waals surface area (Å²) in [5.41, 5.74) is 1.39. The molecule has 2 aromatic rings. The van der Waals surface area contributed by atoms with E-state index in [2.05, 4.69) is 15.0 Å². The normalized spacial score (nSPS) is 18.5. The number of rotatable bonds is 3. The van der Waals surface area contributed by atoms with Crippen molar-refractivity contribution in [3.63, 3.8) is 0 Å². The van der Waals surface area contributed by atoms with Crippen molar-refractivity contribution >= 4 is 17.2 Å². The van der Waals surface area contributed by atoms with Crippen LogP contribution in [0.2, 0.25) is 0 Å². The summed E-state index contributed by atoms with van der Waals surface area (Å²) >= 11 is 1.69. The number of nitrogens with zero attached hydrogens (tertiary/aromatic N) is 4. The van der Waals surface area contributed by atoms with Gasteiger partial charge in [0.15, 0.2) is 0 Å². The van der Waals surface area contributed by atoms with Gasteiger partial charge in [-0.15, -0.1) is 11.3 Å². The molecule has 0 N–H and O–H groups in total. The second kappa shape index (κ2) is 6.52. The summed E-state index contributed by atoms with van der Waals surface area (Å²) in [6.07, 6.45) is 6.67. The Morgan fingerprint density at radius 2 is 2.27 bits per heavy atom. The third-order valence-corrected chi connectivity index (χ3v) is 4.89. The lowest BCUT2D eigenvalue weighted by Crippen LogP contribution is -2.41. The Hall–Kier alpha value is -1.82. The molecule has 3 heterocycles. The van der Waals surface area contributed by atoms with E-state index in [1.54, 1.807) is 17.5 Å². The molecule has 1 atom stereocenters. The average Bonchev–Trinajstić information content (AvgIpc) is 3.00. The van der Waals surface area contributed by atoms with Crippen molar-refractivity contribution in [1.82, 2.24) is 19.9 Å². The second-order valence-electron chi connectivity index (χ2n) is 5.81. The van der Waals surface area contributed by atoms with Crippen LogP contribution in [-0.4, -0.2) is 38.8 Å². The molecule has 1 aliphatic rings. The molecule has 1 unspecified atom stereocenters. The fourth-order valence-corrected chi connectivity index (χ4v) is 3.71. The van der Waals surface area contributed by atoms with Crippen molar-refractivity contribution in [2.45, 2.75) is 33.1 Å². The first-order valence-corrected chi connectivity index (χ1v) is 8.49. The van der Waals surface area contributed by atoms with Crippen molar-refractivity contribution in [3.8, 4) is 0 Å². The smallest absolute Gasteiger partial charge is 0.257 e. The number of likely N-dealkylation sites (tertiary alicyclic amines) is 1. The van der Waals surface area contributed by atoms with Gasteiger partial charge in [0, 0.05) is 37.3 Å². The molecule has 0 bridgehead atoms. The topological polar surface area (TPSA) is 59.0 Å². The highest BCUT2D eigenvalue weighted by atomic mass is 32.1. The third kappa shape index (κ3) is 3.32. The van der Waals surface area contributed by atoms with Gasteiger partial charge in [0.05, 0.1) is 16.3 Å². The quantitative estimate of drug-likeness (QED) is 0.873. The predicted octanol–water partition coefficient (Wildman–Crippen LogP) is 2.64. The minimum Gasteiger partial charge on any atom is -0.338 e. The summed E-state index contributed by atoms with van der Waals surface area (Å²) < 4.78 is 0. The van der Waals surface area contributed by atoms with Crippen molar-refractivity contribution in [2.75, 3.05) is 13.1 Å². The first-order valence-electron chi connectivity index (χ1n) is 7.61. The van der Waals surface area contributed by atoms with Gasteiger partial charge in [-0.1, -0.05) is 0 Å². The van der Waals surface area contributed by atoms with Crippen molar-refractivity contribution in [2.24, 2.45) is 5.92 Å². The van der Waals surface area contributed by atoms with E-state index in [0.717, 1.165) is 43.1 Å². The maximum absolute atomic E-state index is 12.7. The van der Waals surface area contributed by atoms with Crippen LogP contribution in [0.1, 0.15) is 39.7 Å². The largest absolute Gasteiger partial charge is 0.338 e. The van der Waals surface area contributed by atoms with Crippen molar-refractivity contribution in [3.05, 3.63) is 39.9 Å². The standard InChI is InChI=1S/C16H20N4OS/c1-11-14(9-18-12(2)19-11)16(21)20-6-3-4-13(10-20)8-15-17-5-7-22-15/h5,7,9,13H,3-4,6,8,10H2,1-2H3. The molecule has 1 fully saturated rings. The summed E-state index contributed by atoms with van der Waals surface area (Å²) in [6.45, 7) is 5.33. The second-order valence-corrected chi connectivity index (χ2v) is 6.78. The van der Waals surface area contributed by atoms with Gasteiger partial charge in [-0.3, -0.25) is 4.79 Å². The van der Waals surface area contributed by atoms with Gasteiger partial charge in [-0.2, -0.15) is 0 Å². The molecule has 5 nitrogen and oxygen atoms in total. The minimum absolute atomic E-state index is 0.0568. The van der Waals surface area contributed by atoms with Crippen LogP contribution in [0.3, 0.4) is 0 Å². The van der Waals surface area contributed by atoms with Gasteiger partial charge in [0.25, 0.3) is 5.91 Å². The van der Waals surface area contributed by atoms with E-state index in [-0.39, 0.29) is 5.91 Å². The minimum atomic E-state index is 0.0568.